The van der Waals surface area contributed by atoms with Crippen LogP contribution in [0.2, 0.25) is 0 Å². The number of fused-ring (bicyclic) bond motifs is 3. The Labute approximate surface area is 222 Å². The minimum Gasteiger partial charge on any atom is -0.392 e. The van der Waals surface area contributed by atoms with Gasteiger partial charge in [-0.25, -0.2) is 4.98 Å². The molecule has 2 amide bonds. The molecular weight excluding hydrogens is 482 g/mol. The van der Waals surface area contributed by atoms with Crippen molar-refractivity contribution < 1.29 is 14.7 Å². The number of rotatable bonds is 5. The van der Waals surface area contributed by atoms with Crippen LogP contribution in [0.25, 0.3) is 11.1 Å². The molecule has 38 heavy (non-hydrogen) atoms. The molecule has 9 heteroatoms. The normalized spacial score (nSPS) is 17.4. The van der Waals surface area contributed by atoms with Gasteiger partial charge < -0.3 is 19.6 Å². The zero-order chi connectivity index (χ0) is 27.2. The number of carbonyl (C=O) groups excluding carboxylic acids is 2. The lowest BCUT2D eigenvalue weighted by Gasteiger charge is -2.31. The number of nitrogens with one attached hydrogen (secondary N) is 1. The summed E-state index contributed by atoms with van der Waals surface area (Å²) in [6.07, 6.45) is 8.55. The van der Waals surface area contributed by atoms with Crippen molar-refractivity contribution in [3.63, 3.8) is 0 Å². The van der Waals surface area contributed by atoms with Crippen LogP contribution in [-0.2, 0) is 37.8 Å². The van der Waals surface area contributed by atoms with E-state index in [1.165, 1.54) is 28.7 Å². The van der Waals surface area contributed by atoms with E-state index in [1.54, 1.807) is 36.5 Å². The Morgan fingerprint density at radius 2 is 1.92 bits per heavy atom. The van der Waals surface area contributed by atoms with E-state index in [-0.39, 0.29) is 29.2 Å². The summed E-state index contributed by atoms with van der Waals surface area (Å²) in [6.45, 7) is 7.54. The van der Waals surface area contributed by atoms with Crippen LogP contribution in [0, 0.1) is 11.3 Å². The van der Waals surface area contributed by atoms with Crippen LogP contribution in [0.5, 0.6) is 0 Å². The number of aliphatic hydroxyl groups excluding tert-OH is 1. The molecule has 4 heterocycles. The van der Waals surface area contributed by atoms with Gasteiger partial charge in [-0.3, -0.25) is 19.3 Å². The van der Waals surface area contributed by atoms with E-state index in [9.17, 15) is 19.5 Å². The molecule has 2 N–H and O–H groups in total. The van der Waals surface area contributed by atoms with Crippen molar-refractivity contribution >= 4 is 23.8 Å². The molecule has 1 fully saturated rings. The van der Waals surface area contributed by atoms with Crippen LogP contribution in [0.1, 0.15) is 60.9 Å². The first kappa shape index (κ1) is 25.9. The number of hydrogen-bond donors (Lipinski definition) is 2. The Hall–Kier alpha value is -3.72. The summed E-state index contributed by atoms with van der Waals surface area (Å²) in [7, 11) is 1.59. The van der Waals surface area contributed by atoms with Crippen LogP contribution in [0.4, 0.5) is 11.5 Å². The van der Waals surface area contributed by atoms with Crippen molar-refractivity contribution in [3.05, 3.63) is 63.5 Å². The highest BCUT2D eigenvalue weighted by atomic mass is 16.3. The third-order valence-electron chi connectivity index (χ3n) is 7.65. The first-order chi connectivity index (χ1) is 18.1. The molecule has 1 aliphatic heterocycles. The molecule has 2 aliphatic carbocycles. The fourth-order valence-corrected chi connectivity index (χ4v) is 5.45. The Morgan fingerprint density at radius 3 is 2.58 bits per heavy atom. The quantitative estimate of drug-likeness (QED) is 0.504. The maximum Gasteiger partial charge on any atom is 0.276 e. The summed E-state index contributed by atoms with van der Waals surface area (Å²) in [5.74, 6) is 1.35. The summed E-state index contributed by atoms with van der Waals surface area (Å²) >= 11 is 0. The highest BCUT2D eigenvalue weighted by molar-refractivity contribution is 6.06. The first-order valence-corrected chi connectivity index (χ1v) is 13.2. The van der Waals surface area contributed by atoms with Crippen molar-refractivity contribution in [3.8, 4) is 11.1 Å². The molecule has 9 nitrogen and oxygen atoms in total. The summed E-state index contributed by atoms with van der Waals surface area (Å²) in [5, 5.41) is 12.7. The number of aliphatic hydroxyl groups is 1. The number of amides is 2. The van der Waals surface area contributed by atoms with Crippen LogP contribution < -0.4 is 15.8 Å². The first-order valence-electron chi connectivity index (χ1n) is 13.2. The van der Waals surface area contributed by atoms with Crippen LogP contribution in [0.3, 0.4) is 0 Å². The average molecular weight is 518 g/mol. The number of aromatic nitrogens is 3. The molecule has 3 aliphatic rings. The second-order valence-electron chi connectivity index (χ2n) is 11.4. The summed E-state index contributed by atoms with van der Waals surface area (Å²) in [6, 6.07) is 5.29. The predicted octanol–water partition coefficient (Wildman–Crippen LogP) is 3.51. The largest absolute Gasteiger partial charge is 0.392 e. The lowest BCUT2D eigenvalue weighted by molar-refractivity contribution is -0.105. The molecule has 0 bridgehead atoms. The molecule has 0 saturated heterocycles. The lowest BCUT2D eigenvalue weighted by atomic mass is 9.90. The number of aryl methyl sites for hydroxylation is 1. The Morgan fingerprint density at radius 1 is 1.18 bits per heavy atom. The van der Waals surface area contributed by atoms with Crippen molar-refractivity contribution in [2.45, 2.75) is 59.6 Å². The summed E-state index contributed by atoms with van der Waals surface area (Å²) in [5.41, 5.74) is 4.86. The van der Waals surface area contributed by atoms with E-state index >= 15 is 0 Å². The monoisotopic (exact) mass is 517 g/mol. The Balaban J connectivity index is 0.000000673. The maximum atomic E-state index is 13.5. The summed E-state index contributed by atoms with van der Waals surface area (Å²) in [4.78, 5) is 42.8. The molecule has 0 atom stereocenters. The van der Waals surface area contributed by atoms with Gasteiger partial charge in [-0.15, -0.1) is 0 Å². The van der Waals surface area contributed by atoms with Gasteiger partial charge in [0.05, 0.1) is 6.61 Å². The third kappa shape index (κ3) is 4.78. The van der Waals surface area contributed by atoms with Crippen molar-refractivity contribution in [1.82, 2.24) is 14.1 Å². The molecular formula is C29H35N5O4. The lowest BCUT2D eigenvalue weighted by Crippen LogP contribution is -2.41. The Bertz CT molecular complexity index is 1460. The minimum atomic E-state index is -0.348. The summed E-state index contributed by atoms with van der Waals surface area (Å²) < 4.78 is 3.50. The van der Waals surface area contributed by atoms with E-state index in [1.807, 2.05) is 6.07 Å². The maximum absolute atomic E-state index is 13.5. The third-order valence-corrected chi connectivity index (χ3v) is 7.65. The highest BCUT2D eigenvalue weighted by Gasteiger charge is 2.37. The number of nitrogens with zero attached hydrogens (tertiary/aromatic N) is 4. The molecule has 0 aromatic carbocycles. The molecule has 0 spiro atoms. The molecule has 1 saturated carbocycles. The molecule has 3 aromatic heterocycles. The number of carbonyl (C=O) groups is 2. The van der Waals surface area contributed by atoms with Gasteiger partial charge in [-0.05, 0) is 53.5 Å². The zero-order valence-electron chi connectivity index (χ0n) is 22.5. The minimum absolute atomic E-state index is 0.126. The molecule has 0 radical (unpaired) electrons. The van der Waals surface area contributed by atoms with Crippen LogP contribution in [-0.4, -0.2) is 38.1 Å². The highest BCUT2D eigenvalue weighted by Crippen LogP contribution is 2.40. The van der Waals surface area contributed by atoms with E-state index in [0.29, 0.717) is 47.7 Å². The fourth-order valence-electron chi connectivity index (χ4n) is 5.45. The van der Waals surface area contributed by atoms with Gasteiger partial charge >= 0.3 is 0 Å². The zero-order valence-corrected chi connectivity index (χ0v) is 22.5. The van der Waals surface area contributed by atoms with E-state index in [0.717, 1.165) is 18.8 Å². The standard InChI is InChI=1S/C25H27N5O4.C4H8/c1-25(2)10-15-9-20-24(34)30(7-6-29(20)21(15)11-25)22-18(13-31)17(4-5-26-22)16-8-19(27-14-32)23(33)28(3)12-16;1-4-2-3-4/h4-5,8-9,12,14,31H,6-7,10-11,13H2,1-3H3,(H,27,32);4H,2-3H2,1H3. The van der Waals surface area contributed by atoms with Gasteiger partial charge in [0.15, 0.2) is 0 Å². The van der Waals surface area contributed by atoms with Gasteiger partial charge in [-0.1, -0.05) is 33.6 Å². The van der Waals surface area contributed by atoms with Gasteiger partial charge in [0.2, 0.25) is 6.41 Å². The topological polar surface area (TPSA) is 109 Å². The van der Waals surface area contributed by atoms with Gasteiger partial charge in [0, 0.05) is 49.4 Å². The smallest absolute Gasteiger partial charge is 0.276 e. The van der Waals surface area contributed by atoms with E-state index in [2.05, 4.69) is 35.6 Å². The van der Waals surface area contributed by atoms with Crippen molar-refractivity contribution in [1.29, 1.82) is 0 Å². The molecule has 200 valence electrons. The number of anilines is 2. The number of pyridine rings is 2. The second-order valence-corrected chi connectivity index (χ2v) is 11.4. The fraction of sp³-hybridized carbons (Fsp3) is 0.448. The van der Waals surface area contributed by atoms with Crippen molar-refractivity contribution in [2.24, 2.45) is 18.4 Å². The van der Waals surface area contributed by atoms with Gasteiger partial charge in [0.25, 0.3) is 11.5 Å². The van der Waals surface area contributed by atoms with E-state index < -0.39 is 0 Å². The molecule has 3 aromatic rings. The SMILES string of the molecule is CC1CC1.Cn1cc(-c2ccnc(N3CCn4c(cc5c4CC(C)(C)C5)C3=O)c2CO)cc(NC=O)c1=O. The van der Waals surface area contributed by atoms with Gasteiger partial charge in [0.1, 0.15) is 17.2 Å². The van der Waals surface area contributed by atoms with Crippen molar-refractivity contribution in [2.75, 3.05) is 16.8 Å². The van der Waals surface area contributed by atoms with Crippen LogP contribution in [0.15, 0.2) is 35.4 Å². The number of hydrogen-bond acceptors (Lipinski definition) is 5. The molecule has 6 rings (SSSR count). The second kappa shape index (κ2) is 9.87. The predicted molar refractivity (Wildman–Crippen MR) is 146 cm³/mol. The molecule has 0 unspecified atom stereocenters. The Kier molecular flexibility index (Phi) is 6.73. The van der Waals surface area contributed by atoms with Crippen LogP contribution >= 0.6 is 0 Å². The van der Waals surface area contributed by atoms with Gasteiger partial charge in [-0.2, -0.15) is 0 Å². The average Bonchev–Trinajstić information content (AvgIpc) is 3.51. The van der Waals surface area contributed by atoms with E-state index in [4.69, 9.17) is 0 Å².